The number of furan rings is 1. The van der Waals surface area contributed by atoms with Gasteiger partial charge in [-0.05, 0) is 83.8 Å². The minimum Gasteiger partial charge on any atom is -0.472 e. The average molecular weight is 439 g/mol. The van der Waals surface area contributed by atoms with Crippen LogP contribution >= 0.6 is 0 Å². The largest absolute Gasteiger partial charge is 0.472 e. The van der Waals surface area contributed by atoms with Gasteiger partial charge in [-0.1, -0.05) is 40.7 Å². The fourth-order valence-corrected chi connectivity index (χ4v) is 9.48. The van der Waals surface area contributed by atoms with Crippen molar-refractivity contribution in [3.8, 4) is 0 Å². The van der Waals surface area contributed by atoms with E-state index in [9.17, 15) is 9.59 Å². The van der Waals surface area contributed by atoms with Crippen LogP contribution in [0.4, 0.5) is 0 Å². The summed E-state index contributed by atoms with van der Waals surface area (Å²) in [6.07, 6.45) is 12.9. The molecule has 0 unspecified atom stereocenters. The maximum Gasteiger partial charge on any atom is 0.302 e. The molecule has 0 aliphatic heterocycles. The summed E-state index contributed by atoms with van der Waals surface area (Å²) in [6, 6.07) is 2.09. The van der Waals surface area contributed by atoms with Gasteiger partial charge in [-0.2, -0.15) is 0 Å². The molecule has 3 fully saturated rings. The smallest absolute Gasteiger partial charge is 0.302 e. The summed E-state index contributed by atoms with van der Waals surface area (Å²) in [7, 11) is 0. The molecule has 174 valence electrons. The zero-order chi connectivity index (χ0) is 23.1. The standard InChI is InChI=1S/C28H38O4/c1-17(29)32-20-15-19(18-10-14-31-16-18)26(4)11-8-22-27(5)13-9-23(30)25(2,3)21(27)7-12-28(22,6)24(20)26/h9-10,13-14,16,19-22,24H,7-8,11-12,15H2,1-6H3/t19-,20-,21-,22+,24-,26-,27-,28+/m0/s1. The van der Waals surface area contributed by atoms with Crippen molar-refractivity contribution in [3.63, 3.8) is 0 Å². The molecule has 0 amide bonds. The predicted octanol–water partition coefficient (Wildman–Crippen LogP) is 6.32. The first kappa shape index (κ1) is 22.0. The number of carbonyl (C=O) groups excluding carboxylic acids is 2. The first-order valence-electron chi connectivity index (χ1n) is 12.4. The number of esters is 1. The number of rotatable bonds is 2. The van der Waals surface area contributed by atoms with Crippen LogP contribution in [0.15, 0.2) is 35.2 Å². The van der Waals surface area contributed by atoms with E-state index < -0.39 is 0 Å². The van der Waals surface area contributed by atoms with Crippen LogP contribution in [0.1, 0.15) is 85.1 Å². The second kappa shape index (κ2) is 6.84. The van der Waals surface area contributed by atoms with E-state index in [1.807, 2.05) is 12.3 Å². The molecule has 1 aromatic rings. The summed E-state index contributed by atoms with van der Waals surface area (Å²) < 4.78 is 11.5. The van der Waals surface area contributed by atoms with Crippen LogP contribution in [0.3, 0.4) is 0 Å². The Labute approximate surface area is 192 Å². The lowest BCUT2D eigenvalue weighted by molar-refractivity contribution is -0.186. The number of allylic oxidation sites excluding steroid dienone is 2. The third-order valence-electron chi connectivity index (χ3n) is 10.7. The Hall–Kier alpha value is -1.84. The van der Waals surface area contributed by atoms with E-state index in [4.69, 9.17) is 9.15 Å². The van der Waals surface area contributed by atoms with Crippen molar-refractivity contribution in [2.45, 2.75) is 85.7 Å². The van der Waals surface area contributed by atoms with Crippen LogP contribution in [0.25, 0.3) is 0 Å². The van der Waals surface area contributed by atoms with Crippen molar-refractivity contribution in [2.75, 3.05) is 0 Å². The second-order valence-corrected chi connectivity index (χ2v) is 12.4. The third kappa shape index (κ3) is 2.73. The molecule has 0 radical (unpaired) electrons. The molecule has 32 heavy (non-hydrogen) atoms. The number of hydrogen-bond acceptors (Lipinski definition) is 4. The first-order valence-corrected chi connectivity index (χ1v) is 12.4. The lowest BCUT2D eigenvalue weighted by Gasteiger charge is -2.66. The number of carbonyl (C=O) groups is 2. The van der Waals surface area contributed by atoms with E-state index in [0.717, 1.165) is 32.1 Å². The number of fused-ring (bicyclic) bond motifs is 5. The highest BCUT2D eigenvalue weighted by molar-refractivity contribution is 5.95. The average Bonchev–Trinajstić information content (AvgIpc) is 3.31. The van der Waals surface area contributed by atoms with Gasteiger partial charge in [0.15, 0.2) is 5.78 Å². The van der Waals surface area contributed by atoms with E-state index in [1.54, 1.807) is 13.2 Å². The minimum atomic E-state index is -0.324. The SMILES string of the molecule is CC(=O)O[C@H]1C[C@@H](c2ccoc2)[C@]2(C)CC[C@@H]3[C@@]4(C)C=CC(=O)C(C)(C)[C@@H]4CC[C@@]3(C)[C@@H]12. The summed E-state index contributed by atoms with van der Waals surface area (Å²) in [5.41, 5.74) is 1.01. The third-order valence-corrected chi connectivity index (χ3v) is 10.7. The molecule has 0 N–H and O–H groups in total. The van der Waals surface area contributed by atoms with E-state index in [0.29, 0.717) is 23.7 Å². The first-order chi connectivity index (χ1) is 14.9. The summed E-state index contributed by atoms with van der Waals surface area (Å²) in [6.45, 7) is 13.1. The van der Waals surface area contributed by atoms with Crippen LogP contribution in [0, 0.1) is 39.4 Å². The zero-order valence-corrected chi connectivity index (χ0v) is 20.4. The Morgan fingerprint density at radius 3 is 2.41 bits per heavy atom. The van der Waals surface area contributed by atoms with Crippen molar-refractivity contribution >= 4 is 11.8 Å². The Kier molecular flexibility index (Phi) is 4.69. The summed E-state index contributed by atoms with van der Waals surface area (Å²) >= 11 is 0. The minimum absolute atomic E-state index is 0.0137. The van der Waals surface area contributed by atoms with Gasteiger partial charge < -0.3 is 9.15 Å². The lowest BCUT2D eigenvalue weighted by atomic mass is 9.38. The molecule has 4 aliphatic carbocycles. The van der Waals surface area contributed by atoms with Gasteiger partial charge in [-0.25, -0.2) is 0 Å². The fourth-order valence-electron chi connectivity index (χ4n) is 9.48. The molecule has 5 rings (SSSR count). The van der Waals surface area contributed by atoms with Crippen LogP contribution in [-0.4, -0.2) is 17.9 Å². The molecule has 1 aromatic heterocycles. The molecule has 0 saturated heterocycles. The van der Waals surface area contributed by atoms with E-state index >= 15 is 0 Å². The van der Waals surface area contributed by atoms with Crippen LogP contribution in [-0.2, 0) is 14.3 Å². The molecule has 1 heterocycles. The highest BCUT2D eigenvalue weighted by atomic mass is 16.5. The zero-order valence-electron chi connectivity index (χ0n) is 20.4. The van der Waals surface area contributed by atoms with Crippen molar-refractivity contribution in [3.05, 3.63) is 36.3 Å². The Morgan fingerprint density at radius 2 is 1.75 bits per heavy atom. The molecule has 0 spiro atoms. The van der Waals surface area contributed by atoms with E-state index in [2.05, 4.69) is 46.8 Å². The normalized spacial score (nSPS) is 46.8. The molecule has 0 aromatic carbocycles. The molecule has 8 atom stereocenters. The van der Waals surface area contributed by atoms with Crippen molar-refractivity contribution in [2.24, 2.45) is 39.4 Å². The van der Waals surface area contributed by atoms with E-state index in [1.165, 1.54) is 5.56 Å². The highest BCUT2D eigenvalue weighted by Gasteiger charge is 2.69. The lowest BCUT2D eigenvalue weighted by Crippen LogP contribution is -2.62. The van der Waals surface area contributed by atoms with E-state index in [-0.39, 0.29) is 39.5 Å². The predicted molar refractivity (Wildman–Crippen MR) is 123 cm³/mol. The second-order valence-electron chi connectivity index (χ2n) is 12.4. The Morgan fingerprint density at radius 1 is 1.06 bits per heavy atom. The molecule has 4 nitrogen and oxygen atoms in total. The molecular formula is C28H38O4. The molecular weight excluding hydrogens is 400 g/mol. The van der Waals surface area contributed by atoms with Gasteiger partial charge in [-0.15, -0.1) is 0 Å². The monoisotopic (exact) mass is 438 g/mol. The van der Waals surface area contributed by atoms with Gasteiger partial charge in [0.1, 0.15) is 6.10 Å². The number of ketones is 1. The van der Waals surface area contributed by atoms with Crippen molar-refractivity contribution in [1.29, 1.82) is 0 Å². The van der Waals surface area contributed by atoms with Gasteiger partial charge >= 0.3 is 5.97 Å². The molecule has 3 saturated carbocycles. The van der Waals surface area contributed by atoms with Crippen molar-refractivity contribution < 1.29 is 18.7 Å². The van der Waals surface area contributed by atoms with Gasteiger partial charge in [0.05, 0.1) is 12.5 Å². The fraction of sp³-hybridized carbons (Fsp3) is 0.714. The summed E-state index contributed by atoms with van der Waals surface area (Å²) in [5, 5.41) is 0. The number of ether oxygens (including phenoxy) is 1. The summed E-state index contributed by atoms with van der Waals surface area (Å²) in [5.74, 6) is 1.54. The topological polar surface area (TPSA) is 56.5 Å². The highest BCUT2D eigenvalue weighted by Crippen LogP contribution is 2.74. The molecule has 0 bridgehead atoms. The molecule has 4 heteroatoms. The quantitative estimate of drug-likeness (QED) is 0.507. The maximum absolute atomic E-state index is 12.8. The van der Waals surface area contributed by atoms with Gasteiger partial charge in [0.2, 0.25) is 0 Å². The van der Waals surface area contributed by atoms with Gasteiger partial charge in [0, 0.05) is 18.3 Å². The summed E-state index contributed by atoms with van der Waals surface area (Å²) in [4.78, 5) is 24.9. The Balaban J connectivity index is 1.60. The van der Waals surface area contributed by atoms with Crippen LogP contribution < -0.4 is 0 Å². The number of hydrogen-bond donors (Lipinski definition) is 0. The van der Waals surface area contributed by atoms with Gasteiger partial charge in [-0.3, -0.25) is 9.59 Å². The van der Waals surface area contributed by atoms with Crippen LogP contribution in [0.2, 0.25) is 0 Å². The van der Waals surface area contributed by atoms with Crippen LogP contribution in [0.5, 0.6) is 0 Å². The van der Waals surface area contributed by atoms with Gasteiger partial charge in [0.25, 0.3) is 0 Å². The van der Waals surface area contributed by atoms with Crippen molar-refractivity contribution in [1.82, 2.24) is 0 Å². The Bertz CT molecular complexity index is 958. The molecule has 4 aliphatic rings. The maximum atomic E-state index is 12.8.